The zero-order valence-electron chi connectivity index (χ0n) is 9.41. The van der Waals surface area contributed by atoms with Crippen LogP contribution in [0.5, 0.6) is 0 Å². The predicted octanol–water partition coefficient (Wildman–Crippen LogP) is 4.71. The zero-order valence-corrected chi connectivity index (χ0v) is 12.6. The summed E-state index contributed by atoms with van der Waals surface area (Å²) in [5.41, 5.74) is 8.53. The SMILES string of the molecule is Cc1cc(C(N)Cc2cccc(Br)c2)sc1Cl. The van der Waals surface area contributed by atoms with E-state index in [1.807, 2.05) is 19.1 Å². The summed E-state index contributed by atoms with van der Waals surface area (Å²) in [6, 6.07) is 10.3. The molecule has 0 bridgehead atoms. The van der Waals surface area contributed by atoms with Crippen molar-refractivity contribution in [2.75, 3.05) is 0 Å². The van der Waals surface area contributed by atoms with Gasteiger partial charge in [0.25, 0.3) is 0 Å². The van der Waals surface area contributed by atoms with Crippen LogP contribution in [0.2, 0.25) is 4.34 Å². The van der Waals surface area contributed by atoms with Crippen LogP contribution in [-0.2, 0) is 6.42 Å². The van der Waals surface area contributed by atoms with E-state index < -0.39 is 0 Å². The van der Waals surface area contributed by atoms with Gasteiger partial charge in [-0.2, -0.15) is 0 Å². The Morgan fingerprint density at radius 2 is 2.18 bits per heavy atom. The van der Waals surface area contributed by atoms with Crippen LogP contribution in [-0.4, -0.2) is 0 Å². The van der Waals surface area contributed by atoms with Crippen LogP contribution in [0.25, 0.3) is 0 Å². The van der Waals surface area contributed by atoms with Crippen LogP contribution in [0.15, 0.2) is 34.8 Å². The topological polar surface area (TPSA) is 26.0 Å². The first-order valence-corrected chi connectivity index (χ1v) is 7.31. The van der Waals surface area contributed by atoms with Crippen LogP contribution in [0.1, 0.15) is 22.0 Å². The molecule has 0 aliphatic rings. The van der Waals surface area contributed by atoms with Crippen molar-refractivity contribution in [1.82, 2.24) is 0 Å². The molecule has 2 aromatic rings. The zero-order chi connectivity index (χ0) is 12.4. The van der Waals surface area contributed by atoms with E-state index in [0.717, 1.165) is 25.7 Å². The quantitative estimate of drug-likeness (QED) is 0.866. The van der Waals surface area contributed by atoms with Crippen LogP contribution in [0.3, 0.4) is 0 Å². The molecule has 1 atom stereocenters. The Hall–Kier alpha value is -0.350. The molecule has 0 aliphatic heterocycles. The summed E-state index contributed by atoms with van der Waals surface area (Å²) in [6.45, 7) is 2.01. The van der Waals surface area contributed by atoms with Crippen molar-refractivity contribution in [3.8, 4) is 0 Å². The van der Waals surface area contributed by atoms with E-state index in [-0.39, 0.29) is 6.04 Å². The lowest BCUT2D eigenvalue weighted by molar-refractivity contribution is 0.736. The lowest BCUT2D eigenvalue weighted by Gasteiger charge is -2.09. The maximum Gasteiger partial charge on any atom is 0.0960 e. The van der Waals surface area contributed by atoms with Gasteiger partial charge in [-0.1, -0.05) is 39.7 Å². The first kappa shape index (κ1) is 13.1. The summed E-state index contributed by atoms with van der Waals surface area (Å²) in [7, 11) is 0. The Morgan fingerprint density at radius 1 is 1.41 bits per heavy atom. The van der Waals surface area contributed by atoms with E-state index in [1.165, 1.54) is 5.56 Å². The minimum Gasteiger partial charge on any atom is -0.323 e. The molecule has 1 aromatic heterocycles. The summed E-state index contributed by atoms with van der Waals surface area (Å²) < 4.78 is 1.92. The monoisotopic (exact) mass is 329 g/mol. The summed E-state index contributed by atoms with van der Waals surface area (Å²) in [6.07, 6.45) is 0.829. The fraction of sp³-hybridized carbons (Fsp3) is 0.231. The predicted molar refractivity (Wildman–Crippen MR) is 78.8 cm³/mol. The van der Waals surface area contributed by atoms with Crippen molar-refractivity contribution in [2.24, 2.45) is 5.73 Å². The Morgan fingerprint density at radius 3 is 2.76 bits per heavy atom. The van der Waals surface area contributed by atoms with Crippen LogP contribution >= 0.6 is 38.9 Å². The average molecular weight is 331 g/mol. The minimum atomic E-state index is 0.0144. The standard InChI is InChI=1S/C13H13BrClNS/c1-8-5-12(17-13(8)15)11(16)7-9-3-2-4-10(14)6-9/h2-6,11H,7,16H2,1H3. The molecule has 0 aliphatic carbocycles. The first-order chi connectivity index (χ1) is 8.06. The van der Waals surface area contributed by atoms with E-state index in [9.17, 15) is 0 Å². The fourth-order valence-corrected chi connectivity index (χ4v) is 3.35. The molecular weight excluding hydrogens is 318 g/mol. The molecule has 2 rings (SSSR count). The molecule has 2 N–H and O–H groups in total. The van der Waals surface area contributed by atoms with E-state index in [1.54, 1.807) is 11.3 Å². The molecule has 90 valence electrons. The van der Waals surface area contributed by atoms with Gasteiger partial charge in [0.15, 0.2) is 0 Å². The van der Waals surface area contributed by atoms with Gasteiger partial charge in [0.2, 0.25) is 0 Å². The first-order valence-electron chi connectivity index (χ1n) is 5.32. The van der Waals surface area contributed by atoms with Gasteiger partial charge in [0.1, 0.15) is 0 Å². The van der Waals surface area contributed by atoms with Crippen LogP contribution in [0, 0.1) is 6.92 Å². The van der Waals surface area contributed by atoms with Crippen LogP contribution in [0.4, 0.5) is 0 Å². The van der Waals surface area contributed by atoms with E-state index >= 15 is 0 Å². The van der Waals surface area contributed by atoms with Gasteiger partial charge in [0, 0.05) is 15.4 Å². The summed E-state index contributed by atoms with van der Waals surface area (Å²) in [5, 5.41) is 0. The van der Waals surface area contributed by atoms with Crippen molar-refractivity contribution in [2.45, 2.75) is 19.4 Å². The summed E-state index contributed by atoms with van der Waals surface area (Å²) in [5.74, 6) is 0. The second-order valence-corrected chi connectivity index (χ2v) is 6.65. The molecule has 0 radical (unpaired) electrons. The molecule has 0 fully saturated rings. The van der Waals surface area contributed by atoms with Crippen molar-refractivity contribution in [1.29, 1.82) is 0 Å². The summed E-state index contributed by atoms with van der Waals surface area (Å²) >= 11 is 11.1. The molecule has 1 heterocycles. The van der Waals surface area contributed by atoms with Gasteiger partial charge in [-0.3, -0.25) is 0 Å². The average Bonchev–Trinajstić information content (AvgIpc) is 2.59. The van der Waals surface area contributed by atoms with Gasteiger partial charge in [-0.15, -0.1) is 11.3 Å². The Balaban J connectivity index is 2.14. The number of nitrogens with two attached hydrogens (primary N) is 1. The molecule has 1 aromatic carbocycles. The smallest absolute Gasteiger partial charge is 0.0960 e. The largest absolute Gasteiger partial charge is 0.323 e. The van der Waals surface area contributed by atoms with Crippen molar-refractivity contribution in [3.63, 3.8) is 0 Å². The highest BCUT2D eigenvalue weighted by molar-refractivity contribution is 9.10. The Bertz CT molecular complexity index is 504. The van der Waals surface area contributed by atoms with Gasteiger partial charge in [-0.25, -0.2) is 0 Å². The highest BCUT2D eigenvalue weighted by atomic mass is 79.9. The Kier molecular flexibility index (Phi) is 4.26. The van der Waals surface area contributed by atoms with Gasteiger partial charge in [0.05, 0.1) is 4.34 Å². The van der Waals surface area contributed by atoms with E-state index in [2.05, 4.69) is 34.1 Å². The van der Waals surface area contributed by atoms with E-state index in [0.29, 0.717) is 0 Å². The number of thiophene rings is 1. The highest BCUT2D eigenvalue weighted by Crippen LogP contribution is 2.31. The molecule has 1 nitrogen and oxygen atoms in total. The van der Waals surface area contributed by atoms with Crippen molar-refractivity contribution < 1.29 is 0 Å². The highest BCUT2D eigenvalue weighted by Gasteiger charge is 2.12. The molecule has 4 heteroatoms. The summed E-state index contributed by atoms with van der Waals surface area (Å²) in [4.78, 5) is 1.15. The third-order valence-electron chi connectivity index (χ3n) is 2.59. The third kappa shape index (κ3) is 3.32. The molecule has 1 unspecified atom stereocenters. The van der Waals surface area contributed by atoms with Crippen LogP contribution < -0.4 is 5.73 Å². The number of hydrogen-bond donors (Lipinski definition) is 1. The van der Waals surface area contributed by atoms with Crippen molar-refractivity contribution in [3.05, 3.63) is 55.1 Å². The molecule has 0 saturated heterocycles. The van der Waals surface area contributed by atoms with E-state index in [4.69, 9.17) is 17.3 Å². The second kappa shape index (κ2) is 5.53. The molecule has 17 heavy (non-hydrogen) atoms. The van der Waals surface area contributed by atoms with Gasteiger partial charge < -0.3 is 5.73 Å². The number of halogens is 2. The molecular formula is C13H13BrClNS. The lowest BCUT2D eigenvalue weighted by atomic mass is 10.1. The maximum absolute atomic E-state index is 6.20. The number of rotatable bonds is 3. The van der Waals surface area contributed by atoms with Gasteiger partial charge >= 0.3 is 0 Å². The van der Waals surface area contributed by atoms with Gasteiger partial charge in [-0.05, 0) is 42.7 Å². The lowest BCUT2D eigenvalue weighted by Crippen LogP contribution is -2.11. The Labute approximate surface area is 119 Å². The fourth-order valence-electron chi connectivity index (χ4n) is 1.68. The molecule has 0 amide bonds. The second-order valence-electron chi connectivity index (χ2n) is 4.05. The number of benzene rings is 1. The number of aryl methyl sites for hydroxylation is 1. The minimum absolute atomic E-state index is 0.0144. The molecule has 0 saturated carbocycles. The maximum atomic E-state index is 6.20. The number of hydrogen-bond acceptors (Lipinski definition) is 2. The van der Waals surface area contributed by atoms with Crippen molar-refractivity contribution >= 4 is 38.9 Å². The third-order valence-corrected chi connectivity index (χ3v) is 4.77. The normalized spacial score (nSPS) is 12.7. The molecule has 0 spiro atoms.